The number of amides is 3. The van der Waals surface area contributed by atoms with Crippen LogP contribution in [0.1, 0.15) is 31.5 Å². The summed E-state index contributed by atoms with van der Waals surface area (Å²) in [6.07, 6.45) is 2.95. The summed E-state index contributed by atoms with van der Waals surface area (Å²) >= 11 is 0. The van der Waals surface area contributed by atoms with Gasteiger partial charge in [0, 0.05) is 31.7 Å². The van der Waals surface area contributed by atoms with Crippen molar-refractivity contribution >= 4 is 29.1 Å². The van der Waals surface area contributed by atoms with Crippen molar-refractivity contribution in [1.29, 1.82) is 0 Å². The minimum absolute atomic E-state index is 0.0121. The molecule has 0 saturated carbocycles. The van der Waals surface area contributed by atoms with E-state index in [2.05, 4.69) is 31.0 Å². The van der Waals surface area contributed by atoms with Crippen LogP contribution in [0.4, 0.5) is 11.4 Å². The van der Waals surface area contributed by atoms with Gasteiger partial charge in [-0.25, -0.2) is 4.98 Å². The Balaban J connectivity index is 1.65. The molecule has 0 unspecified atom stereocenters. The molecule has 138 valence electrons. The Morgan fingerprint density at radius 1 is 0.963 bits per heavy atom. The smallest absolute Gasteiger partial charge is 0.276 e. The second kappa shape index (κ2) is 7.52. The van der Waals surface area contributed by atoms with E-state index in [1.165, 1.54) is 18.1 Å². The van der Waals surface area contributed by atoms with Crippen molar-refractivity contribution in [2.75, 3.05) is 17.7 Å². The second-order valence-corrected chi connectivity index (χ2v) is 5.57. The number of aryl methyl sites for hydroxylation is 1. The molecule has 0 aliphatic rings. The molecule has 3 rings (SSSR count). The highest BCUT2D eigenvalue weighted by molar-refractivity contribution is 6.10. The van der Waals surface area contributed by atoms with Gasteiger partial charge in [-0.3, -0.25) is 19.1 Å². The molecule has 0 spiro atoms. The maximum Gasteiger partial charge on any atom is 0.276 e. The SMILES string of the molecule is CNC(=O)c1[nH]cnc1C(=O)Nc1ccc(NC(=O)c2ccn(C)n2)cc1. The van der Waals surface area contributed by atoms with E-state index in [-0.39, 0.29) is 17.3 Å². The standard InChI is InChI=1S/C17H17N7O3/c1-18-16(26)13-14(20-9-19-13)17(27)22-11-5-3-10(4-6-11)21-15(25)12-7-8-24(2)23-12/h3-9H,1-2H3,(H,18,26)(H,19,20)(H,21,25)(H,22,27). The summed E-state index contributed by atoms with van der Waals surface area (Å²) in [6.45, 7) is 0. The number of imidazole rings is 1. The normalized spacial score (nSPS) is 10.3. The molecular formula is C17H17N7O3. The minimum Gasteiger partial charge on any atom is -0.354 e. The zero-order valence-electron chi connectivity index (χ0n) is 14.6. The molecule has 10 nitrogen and oxygen atoms in total. The summed E-state index contributed by atoms with van der Waals surface area (Å²) in [6, 6.07) is 8.13. The molecule has 2 heterocycles. The van der Waals surface area contributed by atoms with E-state index in [4.69, 9.17) is 0 Å². The zero-order valence-corrected chi connectivity index (χ0v) is 14.6. The first kappa shape index (κ1) is 17.9. The zero-order chi connectivity index (χ0) is 19.4. The number of hydrogen-bond acceptors (Lipinski definition) is 5. The van der Waals surface area contributed by atoms with Crippen molar-refractivity contribution in [2.45, 2.75) is 0 Å². The molecule has 0 aliphatic carbocycles. The van der Waals surface area contributed by atoms with Crippen LogP contribution >= 0.6 is 0 Å². The molecule has 0 atom stereocenters. The van der Waals surface area contributed by atoms with Gasteiger partial charge in [0.25, 0.3) is 17.7 Å². The summed E-state index contributed by atoms with van der Waals surface area (Å²) in [5.74, 6) is -1.30. The Morgan fingerprint density at radius 3 is 2.15 bits per heavy atom. The molecule has 0 fully saturated rings. The fourth-order valence-electron chi connectivity index (χ4n) is 2.32. The molecule has 0 saturated heterocycles. The van der Waals surface area contributed by atoms with Crippen LogP contribution in [0.5, 0.6) is 0 Å². The Hall–Kier alpha value is -3.95. The van der Waals surface area contributed by atoms with Gasteiger partial charge >= 0.3 is 0 Å². The van der Waals surface area contributed by atoms with Crippen molar-refractivity contribution in [2.24, 2.45) is 7.05 Å². The topological polar surface area (TPSA) is 134 Å². The Kier molecular flexibility index (Phi) is 4.97. The van der Waals surface area contributed by atoms with Crippen LogP contribution in [0.15, 0.2) is 42.9 Å². The highest BCUT2D eigenvalue weighted by Crippen LogP contribution is 2.16. The van der Waals surface area contributed by atoms with Gasteiger partial charge in [0.1, 0.15) is 5.69 Å². The lowest BCUT2D eigenvalue weighted by Crippen LogP contribution is -2.23. The van der Waals surface area contributed by atoms with Gasteiger partial charge in [-0.15, -0.1) is 0 Å². The van der Waals surface area contributed by atoms with Gasteiger partial charge in [-0.2, -0.15) is 5.10 Å². The lowest BCUT2D eigenvalue weighted by molar-refractivity contribution is 0.0943. The summed E-state index contributed by atoms with van der Waals surface area (Å²) < 4.78 is 1.54. The van der Waals surface area contributed by atoms with Gasteiger partial charge in [0.05, 0.1) is 6.33 Å². The predicted molar refractivity (Wildman–Crippen MR) is 97.5 cm³/mol. The van der Waals surface area contributed by atoms with Crippen molar-refractivity contribution in [3.63, 3.8) is 0 Å². The number of anilines is 2. The van der Waals surface area contributed by atoms with Crippen molar-refractivity contribution in [3.8, 4) is 0 Å². The monoisotopic (exact) mass is 367 g/mol. The molecule has 0 bridgehead atoms. The van der Waals surface area contributed by atoms with Crippen LogP contribution in [-0.4, -0.2) is 44.5 Å². The molecule has 3 amide bonds. The number of rotatable bonds is 5. The maximum atomic E-state index is 12.3. The fraction of sp³-hybridized carbons (Fsp3) is 0.118. The average molecular weight is 367 g/mol. The van der Waals surface area contributed by atoms with E-state index >= 15 is 0 Å². The molecule has 0 radical (unpaired) electrons. The number of aromatic nitrogens is 4. The Morgan fingerprint density at radius 2 is 1.59 bits per heavy atom. The molecule has 27 heavy (non-hydrogen) atoms. The van der Waals surface area contributed by atoms with Crippen molar-refractivity contribution < 1.29 is 14.4 Å². The van der Waals surface area contributed by atoms with Crippen LogP contribution < -0.4 is 16.0 Å². The van der Waals surface area contributed by atoms with E-state index < -0.39 is 11.8 Å². The maximum absolute atomic E-state index is 12.3. The Bertz CT molecular complexity index is 988. The highest BCUT2D eigenvalue weighted by Gasteiger charge is 2.19. The first-order chi connectivity index (χ1) is 13.0. The molecule has 3 aromatic rings. The van der Waals surface area contributed by atoms with Crippen LogP contribution in [0, 0.1) is 0 Å². The van der Waals surface area contributed by atoms with Gasteiger partial charge in [0.15, 0.2) is 11.4 Å². The fourth-order valence-corrected chi connectivity index (χ4v) is 2.32. The average Bonchev–Trinajstić information content (AvgIpc) is 3.31. The van der Waals surface area contributed by atoms with E-state index in [0.29, 0.717) is 17.1 Å². The summed E-state index contributed by atoms with van der Waals surface area (Å²) in [4.78, 5) is 42.6. The first-order valence-electron chi connectivity index (χ1n) is 7.96. The Labute approximate surface area is 154 Å². The van der Waals surface area contributed by atoms with Crippen molar-refractivity contribution in [3.05, 3.63) is 59.9 Å². The first-order valence-corrected chi connectivity index (χ1v) is 7.96. The summed E-state index contributed by atoms with van der Waals surface area (Å²) in [7, 11) is 3.19. The van der Waals surface area contributed by atoms with Gasteiger partial charge in [-0.05, 0) is 30.3 Å². The molecule has 1 aromatic carbocycles. The van der Waals surface area contributed by atoms with Crippen LogP contribution in [0.2, 0.25) is 0 Å². The van der Waals surface area contributed by atoms with Crippen LogP contribution in [0.25, 0.3) is 0 Å². The lowest BCUT2D eigenvalue weighted by atomic mass is 10.2. The van der Waals surface area contributed by atoms with E-state index in [1.807, 2.05) is 0 Å². The quantitative estimate of drug-likeness (QED) is 0.534. The summed E-state index contributed by atoms with van der Waals surface area (Å²) in [5, 5.41) is 11.8. The number of carbonyl (C=O) groups excluding carboxylic acids is 3. The van der Waals surface area contributed by atoms with Crippen LogP contribution in [0.3, 0.4) is 0 Å². The van der Waals surface area contributed by atoms with Gasteiger partial charge < -0.3 is 20.9 Å². The number of benzene rings is 1. The third-order valence-electron chi connectivity index (χ3n) is 3.66. The number of aromatic amines is 1. The minimum atomic E-state index is -0.528. The van der Waals surface area contributed by atoms with Crippen molar-refractivity contribution in [1.82, 2.24) is 25.1 Å². The van der Waals surface area contributed by atoms with E-state index in [1.54, 1.807) is 43.6 Å². The number of nitrogens with zero attached hydrogens (tertiary/aromatic N) is 3. The molecule has 0 aliphatic heterocycles. The highest BCUT2D eigenvalue weighted by atomic mass is 16.2. The third-order valence-corrected chi connectivity index (χ3v) is 3.66. The number of H-pyrrole nitrogens is 1. The molecule has 2 aromatic heterocycles. The van der Waals surface area contributed by atoms with E-state index in [9.17, 15) is 14.4 Å². The predicted octanol–water partition coefficient (Wildman–Crippen LogP) is 1.01. The lowest BCUT2D eigenvalue weighted by Gasteiger charge is -2.07. The second-order valence-electron chi connectivity index (χ2n) is 5.57. The number of carbonyl (C=O) groups is 3. The number of hydrogen-bond donors (Lipinski definition) is 4. The van der Waals surface area contributed by atoms with Crippen LogP contribution in [-0.2, 0) is 7.05 Å². The number of nitrogens with one attached hydrogen (secondary N) is 4. The largest absolute Gasteiger partial charge is 0.354 e. The molecule has 10 heteroatoms. The van der Waals surface area contributed by atoms with Gasteiger partial charge in [-0.1, -0.05) is 0 Å². The molecular weight excluding hydrogens is 350 g/mol. The van der Waals surface area contributed by atoms with Gasteiger partial charge in [0.2, 0.25) is 0 Å². The molecule has 4 N–H and O–H groups in total. The summed E-state index contributed by atoms with van der Waals surface area (Å²) in [5.41, 5.74) is 1.41. The third kappa shape index (κ3) is 4.00. The van der Waals surface area contributed by atoms with E-state index in [0.717, 1.165) is 0 Å².